The topological polar surface area (TPSA) is 96.0 Å². The normalized spacial score (nSPS) is 10.5. The number of anilines is 1. The third-order valence-corrected chi connectivity index (χ3v) is 5.35. The lowest BCUT2D eigenvalue weighted by atomic mass is 10.1. The van der Waals surface area contributed by atoms with E-state index in [4.69, 9.17) is 23.9 Å². The molecule has 0 radical (unpaired) electrons. The van der Waals surface area contributed by atoms with Crippen molar-refractivity contribution >= 4 is 28.5 Å². The number of fused-ring (bicyclic) bond motifs is 1. The van der Waals surface area contributed by atoms with Gasteiger partial charge in [0.1, 0.15) is 17.2 Å². The number of ether oxygens (including phenoxy) is 4. The number of benzene rings is 3. The van der Waals surface area contributed by atoms with Gasteiger partial charge in [-0.2, -0.15) is 0 Å². The maximum Gasteiger partial charge on any atom is 0.338 e. The number of hydrogen-bond acceptors (Lipinski definition) is 7. The number of hydrogen-bond donors (Lipinski definition) is 1. The fourth-order valence-electron chi connectivity index (χ4n) is 3.63. The first-order valence-electron chi connectivity index (χ1n) is 11.3. The molecule has 36 heavy (non-hydrogen) atoms. The van der Waals surface area contributed by atoms with E-state index in [1.165, 1.54) is 14.2 Å². The van der Waals surface area contributed by atoms with Gasteiger partial charge in [-0.25, -0.2) is 9.78 Å². The number of carbonyl (C=O) groups is 2. The Morgan fingerprint density at radius 2 is 1.61 bits per heavy atom. The molecule has 0 aliphatic carbocycles. The van der Waals surface area contributed by atoms with Crippen LogP contribution in [0.1, 0.15) is 17.3 Å². The van der Waals surface area contributed by atoms with Crippen molar-refractivity contribution in [3.63, 3.8) is 0 Å². The molecule has 4 aromatic rings. The molecule has 0 atom stereocenters. The second kappa shape index (κ2) is 11.2. The number of amides is 1. The first kappa shape index (κ1) is 24.5. The lowest BCUT2D eigenvalue weighted by molar-refractivity contribution is -0.118. The van der Waals surface area contributed by atoms with Crippen LogP contribution < -0.4 is 19.5 Å². The van der Waals surface area contributed by atoms with Crippen LogP contribution in [-0.2, 0) is 9.53 Å². The maximum atomic E-state index is 12.7. The van der Waals surface area contributed by atoms with Gasteiger partial charge in [-0.1, -0.05) is 30.3 Å². The first-order chi connectivity index (χ1) is 17.5. The van der Waals surface area contributed by atoms with Crippen LogP contribution in [-0.4, -0.2) is 44.3 Å². The number of methoxy groups -OCH3 is 2. The number of aromatic nitrogens is 1. The van der Waals surface area contributed by atoms with Gasteiger partial charge in [-0.3, -0.25) is 4.79 Å². The molecule has 1 aromatic heterocycles. The van der Waals surface area contributed by atoms with Crippen molar-refractivity contribution in [2.45, 2.75) is 6.92 Å². The predicted octanol–water partition coefficient (Wildman–Crippen LogP) is 5.11. The lowest BCUT2D eigenvalue weighted by Crippen LogP contribution is -2.20. The average molecular weight is 487 g/mol. The van der Waals surface area contributed by atoms with Crippen molar-refractivity contribution in [1.82, 2.24) is 4.98 Å². The van der Waals surface area contributed by atoms with Gasteiger partial charge in [-0.15, -0.1) is 0 Å². The zero-order valence-corrected chi connectivity index (χ0v) is 20.2. The van der Waals surface area contributed by atoms with E-state index in [1.807, 2.05) is 30.3 Å². The summed E-state index contributed by atoms with van der Waals surface area (Å²) in [5.74, 6) is 0.693. The summed E-state index contributed by atoms with van der Waals surface area (Å²) in [6.45, 7) is 1.74. The van der Waals surface area contributed by atoms with Crippen molar-refractivity contribution in [1.29, 1.82) is 0 Å². The first-order valence-corrected chi connectivity index (χ1v) is 11.3. The Balaban J connectivity index is 1.63. The van der Waals surface area contributed by atoms with Crippen LogP contribution in [0.2, 0.25) is 0 Å². The zero-order valence-electron chi connectivity index (χ0n) is 20.2. The van der Waals surface area contributed by atoms with E-state index in [1.54, 1.807) is 49.4 Å². The molecule has 0 saturated heterocycles. The van der Waals surface area contributed by atoms with Crippen molar-refractivity contribution in [2.24, 2.45) is 0 Å². The van der Waals surface area contributed by atoms with E-state index in [0.717, 1.165) is 5.56 Å². The second-order valence-electron chi connectivity index (χ2n) is 7.76. The summed E-state index contributed by atoms with van der Waals surface area (Å²) < 4.78 is 21.6. The number of nitrogens with one attached hydrogen (secondary N) is 1. The molecule has 0 aliphatic rings. The van der Waals surface area contributed by atoms with E-state index in [0.29, 0.717) is 45.1 Å². The van der Waals surface area contributed by atoms with Gasteiger partial charge in [0.2, 0.25) is 0 Å². The largest absolute Gasteiger partial charge is 0.497 e. The summed E-state index contributed by atoms with van der Waals surface area (Å²) in [6, 6.07) is 21.5. The minimum Gasteiger partial charge on any atom is -0.497 e. The highest BCUT2D eigenvalue weighted by atomic mass is 16.5. The average Bonchev–Trinajstić information content (AvgIpc) is 2.91. The Bertz CT molecular complexity index is 1370. The van der Waals surface area contributed by atoms with Crippen molar-refractivity contribution in [2.75, 3.05) is 32.8 Å². The summed E-state index contributed by atoms with van der Waals surface area (Å²) in [7, 11) is 3.07. The number of carbonyl (C=O) groups excluding carboxylic acids is 2. The minimum absolute atomic E-state index is 0.265. The van der Waals surface area contributed by atoms with Crippen LogP contribution in [0.3, 0.4) is 0 Å². The van der Waals surface area contributed by atoms with Gasteiger partial charge in [0.05, 0.1) is 37.6 Å². The third-order valence-electron chi connectivity index (χ3n) is 5.35. The molecule has 0 bridgehead atoms. The Hall–Kier alpha value is -4.59. The van der Waals surface area contributed by atoms with Crippen molar-refractivity contribution < 1.29 is 28.5 Å². The molecule has 0 spiro atoms. The zero-order chi connectivity index (χ0) is 25.5. The number of pyridine rings is 1. The van der Waals surface area contributed by atoms with E-state index in [9.17, 15) is 9.59 Å². The van der Waals surface area contributed by atoms with Crippen molar-refractivity contribution in [3.8, 4) is 28.5 Å². The summed E-state index contributed by atoms with van der Waals surface area (Å²) in [4.78, 5) is 29.7. The van der Waals surface area contributed by atoms with Crippen LogP contribution in [0.5, 0.6) is 17.2 Å². The summed E-state index contributed by atoms with van der Waals surface area (Å²) in [5.41, 5.74) is 3.08. The molecule has 3 aromatic carbocycles. The fourth-order valence-corrected chi connectivity index (χ4v) is 3.63. The number of rotatable bonds is 9. The van der Waals surface area contributed by atoms with Crippen LogP contribution in [0.4, 0.5) is 5.69 Å². The lowest BCUT2D eigenvalue weighted by Gasteiger charge is -2.13. The Morgan fingerprint density at radius 1 is 0.889 bits per heavy atom. The van der Waals surface area contributed by atoms with Crippen LogP contribution in [0.25, 0.3) is 22.2 Å². The Morgan fingerprint density at radius 3 is 2.28 bits per heavy atom. The smallest absolute Gasteiger partial charge is 0.338 e. The highest BCUT2D eigenvalue weighted by Crippen LogP contribution is 2.31. The molecule has 4 rings (SSSR count). The summed E-state index contributed by atoms with van der Waals surface area (Å²) >= 11 is 0. The minimum atomic E-state index is -0.442. The second-order valence-corrected chi connectivity index (χ2v) is 7.76. The van der Waals surface area contributed by atoms with Gasteiger partial charge in [0.15, 0.2) is 6.61 Å². The fraction of sp³-hybridized carbons (Fsp3) is 0.179. The number of nitrogens with zero attached hydrogens (tertiary/aromatic N) is 1. The third kappa shape index (κ3) is 5.72. The van der Waals surface area contributed by atoms with Gasteiger partial charge >= 0.3 is 5.97 Å². The molecular formula is C28H26N2O6. The summed E-state index contributed by atoms with van der Waals surface area (Å²) in [5, 5.41) is 3.38. The van der Waals surface area contributed by atoms with E-state index >= 15 is 0 Å². The molecule has 0 aliphatic heterocycles. The van der Waals surface area contributed by atoms with Crippen LogP contribution >= 0.6 is 0 Å². The molecule has 8 heteroatoms. The highest BCUT2D eigenvalue weighted by molar-refractivity contribution is 5.97. The molecule has 0 unspecified atom stereocenters. The molecule has 1 N–H and O–H groups in total. The van der Waals surface area contributed by atoms with Crippen molar-refractivity contribution in [3.05, 3.63) is 78.4 Å². The molecule has 1 amide bonds. The standard InChI is InChI=1S/C28H26N2O6/c1-4-35-28(32)19-10-11-24-23(12-19)26(16-25(30-24)18-8-6-5-7-9-18)36-17-27(31)29-20-13-21(33-2)15-22(14-20)34-3/h5-16H,4,17H2,1-3H3,(H,29,31). The molecule has 184 valence electrons. The van der Waals surface area contributed by atoms with Gasteiger partial charge in [0.25, 0.3) is 5.91 Å². The van der Waals surface area contributed by atoms with Gasteiger partial charge in [-0.05, 0) is 25.1 Å². The molecule has 0 saturated carbocycles. The monoisotopic (exact) mass is 486 g/mol. The number of esters is 1. The molecular weight excluding hydrogens is 460 g/mol. The van der Waals surface area contributed by atoms with Crippen LogP contribution in [0, 0.1) is 0 Å². The predicted molar refractivity (Wildman–Crippen MR) is 137 cm³/mol. The Labute approximate surface area is 208 Å². The van der Waals surface area contributed by atoms with E-state index in [2.05, 4.69) is 5.32 Å². The molecule has 0 fully saturated rings. The quantitative estimate of drug-likeness (QED) is 0.328. The molecule has 1 heterocycles. The maximum absolute atomic E-state index is 12.7. The Kier molecular flexibility index (Phi) is 7.65. The molecule has 8 nitrogen and oxygen atoms in total. The van der Waals surface area contributed by atoms with Crippen LogP contribution in [0.15, 0.2) is 72.8 Å². The SMILES string of the molecule is CCOC(=O)c1ccc2nc(-c3ccccc3)cc(OCC(=O)Nc3cc(OC)cc(OC)c3)c2c1. The van der Waals surface area contributed by atoms with Gasteiger partial charge in [0, 0.05) is 40.9 Å². The van der Waals surface area contributed by atoms with Gasteiger partial charge < -0.3 is 24.3 Å². The van der Waals surface area contributed by atoms with E-state index < -0.39 is 5.97 Å². The van der Waals surface area contributed by atoms with E-state index in [-0.39, 0.29) is 19.1 Å². The highest BCUT2D eigenvalue weighted by Gasteiger charge is 2.15. The summed E-state index contributed by atoms with van der Waals surface area (Å²) in [6.07, 6.45) is 0.